The van der Waals surface area contributed by atoms with Crippen molar-refractivity contribution in [3.05, 3.63) is 29.8 Å². The first-order valence-electron chi connectivity index (χ1n) is 8.75. The van der Waals surface area contributed by atoms with Gasteiger partial charge in [0, 0.05) is 18.3 Å². The van der Waals surface area contributed by atoms with Crippen LogP contribution in [-0.4, -0.2) is 42.4 Å². The summed E-state index contributed by atoms with van der Waals surface area (Å²) >= 11 is 0. The molecule has 5 nitrogen and oxygen atoms in total. The van der Waals surface area contributed by atoms with Crippen molar-refractivity contribution in [2.45, 2.75) is 52.0 Å². The summed E-state index contributed by atoms with van der Waals surface area (Å²) in [6.45, 7) is 11.1. The minimum atomic E-state index is -0.612. The fraction of sp³-hybridized carbons (Fsp3) is 0.579. The van der Waals surface area contributed by atoms with Gasteiger partial charge in [0.2, 0.25) is 0 Å². The SMILES string of the molecule is CCN1CCC[C@@H]1CNC(=O)C(=O)Nc1ccc(C(C)(C)C)cc1. The third-order valence-electron chi connectivity index (χ3n) is 4.62. The summed E-state index contributed by atoms with van der Waals surface area (Å²) in [6.07, 6.45) is 2.23. The van der Waals surface area contributed by atoms with E-state index in [9.17, 15) is 9.59 Å². The standard InChI is InChI=1S/C19H29N3O2/c1-5-22-12-6-7-16(22)13-20-17(23)18(24)21-15-10-8-14(9-11-15)19(2,3)4/h8-11,16H,5-7,12-13H2,1-4H3,(H,20,23)(H,21,24)/t16-/m1/s1. The van der Waals surface area contributed by atoms with E-state index in [1.54, 1.807) is 0 Å². The number of hydrogen-bond donors (Lipinski definition) is 2. The zero-order valence-corrected chi connectivity index (χ0v) is 15.2. The monoisotopic (exact) mass is 331 g/mol. The summed E-state index contributed by atoms with van der Waals surface area (Å²) in [5.41, 5.74) is 1.89. The zero-order chi connectivity index (χ0) is 17.7. The molecule has 132 valence electrons. The number of nitrogens with zero attached hydrogens (tertiary/aromatic N) is 1. The largest absolute Gasteiger partial charge is 0.346 e. The summed E-state index contributed by atoms with van der Waals surface area (Å²) in [6, 6.07) is 7.97. The van der Waals surface area contributed by atoms with E-state index in [0.29, 0.717) is 18.3 Å². The third-order valence-corrected chi connectivity index (χ3v) is 4.62. The molecule has 0 aliphatic carbocycles. The Balaban J connectivity index is 1.84. The molecule has 2 N–H and O–H groups in total. The predicted octanol–water partition coefficient (Wildman–Crippen LogP) is 2.52. The van der Waals surface area contributed by atoms with Crippen LogP contribution in [0.4, 0.5) is 5.69 Å². The Morgan fingerprint density at radius 3 is 2.42 bits per heavy atom. The van der Waals surface area contributed by atoms with Crippen molar-refractivity contribution in [3.63, 3.8) is 0 Å². The number of amides is 2. The van der Waals surface area contributed by atoms with Gasteiger partial charge in [0.05, 0.1) is 0 Å². The summed E-state index contributed by atoms with van der Waals surface area (Å²) < 4.78 is 0. The molecule has 1 aromatic rings. The van der Waals surface area contributed by atoms with Crippen LogP contribution in [0.3, 0.4) is 0 Å². The van der Waals surface area contributed by atoms with Gasteiger partial charge in [0.15, 0.2) is 0 Å². The molecule has 1 fully saturated rings. The van der Waals surface area contributed by atoms with Crippen molar-refractivity contribution < 1.29 is 9.59 Å². The smallest absolute Gasteiger partial charge is 0.313 e. The minimum absolute atomic E-state index is 0.0619. The lowest BCUT2D eigenvalue weighted by molar-refractivity contribution is -0.136. The van der Waals surface area contributed by atoms with E-state index in [1.165, 1.54) is 5.56 Å². The average Bonchev–Trinajstić information content (AvgIpc) is 2.99. The van der Waals surface area contributed by atoms with E-state index in [1.807, 2.05) is 24.3 Å². The van der Waals surface area contributed by atoms with E-state index in [4.69, 9.17) is 0 Å². The van der Waals surface area contributed by atoms with E-state index in [0.717, 1.165) is 25.9 Å². The molecule has 0 radical (unpaired) electrons. The molecule has 1 aromatic carbocycles. The van der Waals surface area contributed by atoms with Gasteiger partial charge < -0.3 is 10.6 Å². The molecular formula is C19H29N3O2. The van der Waals surface area contributed by atoms with Gasteiger partial charge in [-0.1, -0.05) is 39.8 Å². The van der Waals surface area contributed by atoms with Crippen molar-refractivity contribution in [3.8, 4) is 0 Å². The second-order valence-electron chi connectivity index (χ2n) is 7.42. The number of carbonyl (C=O) groups is 2. The molecule has 24 heavy (non-hydrogen) atoms. The number of nitrogens with one attached hydrogen (secondary N) is 2. The fourth-order valence-corrected chi connectivity index (χ4v) is 3.07. The Morgan fingerprint density at radius 1 is 1.17 bits per heavy atom. The highest BCUT2D eigenvalue weighted by Gasteiger charge is 2.24. The minimum Gasteiger partial charge on any atom is -0.346 e. The van der Waals surface area contributed by atoms with Crippen LogP contribution in [0.15, 0.2) is 24.3 Å². The highest BCUT2D eigenvalue weighted by Crippen LogP contribution is 2.23. The predicted molar refractivity (Wildman–Crippen MR) is 97.1 cm³/mol. The molecule has 1 heterocycles. The number of hydrogen-bond acceptors (Lipinski definition) is 3. The van der Waals surface area contributed by atoms with Crippen molar-refractivity contribution in [2.75, 3.05) is 25.0 Å². The quantitative estimate of drug-likeness (QED) is 0.834. The van der Waals surface area contributed by atoms with E-state index in [-0.39, 0.29) is 5.41 Å². The summed E-state index contributed by atoms with van der Waals surface area (Å²) in [7, 11) is 0. The van der Waals surface area contributed by atoms with Crippen LogP contribution in [0.1, 0.15) is 46.1 Å². The van der Waals surface area contributed by atoms with Gasteiger partial charge in [-0.2, -0.15) is 0 Å². The molecule has 0 spiro atoms. The number of likely N-dealkylation sites (N-methyl/N-ethyl adjacent to an activating group) is 1. The Morgan fingerprint density at radius 2 is 1.83 bits per heavy atom. The van der Waals surface area contributed by atoms with Crippen LogP contribution in [0, 0.1) is 0 Å². The average molecular weight is 331 g/mol. The number of rotatable bonds is 4. The summed E-state index contributed by atoms with van der Waals surface area (Å²) in [4.78, 5) is 26.3. The van der Waals surface area contributed by atoms with Crippen molar-refractivity contribution in [2.24, 2.45) is 0 Å². The van der Waals surface area contributed by atoms with Crippen LogP contribution >= 0.6 is 0 Å². The molecule has 2 rings (SSSR count). The van der Waals surface area contributed by atoms with Crippen molar-refractivity contribution >= 4 is 17.5 Å². The van der Waals surface area contributed by atoms with Gasteiger partial charge in [0.25, 0.3) is 0 Å². The molecule has 0 aromatic heterocycles. The molecule has 0 unspecified atom stereocenters. The molecule has 0 bridgehead atoms. The van der Waals surface area contributed by atoms with Gasteiger partial charge in [-0.05, 0) is 49.0 Å². The maximum atomic E-state index is 12.0. The first-order valence-corrected chi connectivity index (χ1v) is 8.75. The normalized spacial score (nSPS) is 18.4. The Hall–Kier alpha value is -1.88. The van der Waals surface area contributed by atoms with Crippen LogP contribution in [-0.2, 0) is 15.0 Å². The van der Waals surface area contributed by atoms with Crippen LogP contribution in [0.25, 0.3) is 0 Å². The molecule has 1 aliphatic rings. The number of likely N-dealkylation sites (tertiary alicyclic amines) is 1. The molecule has 1 atom stereocenters. The molecule has 1 saturated heterocycles. The second-order valence-corrected chi connectivity index (χ2v) is 7.42. The first-order chi connectivity index (χ1) is 11.3. The zero-order valence-electron chi connectivity index (χ0n) is 15.2. The van der Waals surface area contributed by atoms with Crippen LogP contribution in [0.5, 0.6) is 0 Å². The van der Waals surface area contributed by atoms with Crippen LogP contribution < -0.4 is 10.6 Å². The van der Waals surface area contributed by atoms with E-state index in [2.05, 4.69) is 43.2 Å². The highest BCUT2D eigenvalue weighted by atomic mass is 16.2. The summed E-state index contributed by atoms with van der Waals surface area (Å²) in [5.74, 6) is -1.18. The van der Waals surface area contributed by atoms with Gasteiger partial charge in [-0.3, -0.25) is 14.5 Å². The maximum absolute atomic E-state index is 12.0. The Bertz CT molecular complexity index is 575. The summed E-state index contributed by atoms with van der Waals surface area (Å²) in [5, 5.41) is 5.41. The molecule has 0 saturated carbocycles. The second kappa shape index (κ2) is 7.79. The first kappa shape index (κ1) is 18.5. The Labute approximate surface area is 144 Å². The van der Waals surface area contributed by atoms with Crippen molar-refractivity contribution in [1.82, 2.24) is 10.2 Å². The number of benzene rings is 1. The Kier molecular flexibility index (Phi) is 5.99. The lowest BCUT2D eigenvalue weighted by Gasteiger charge is -2.22. The van der Waals surface area contributed by atoms with Gasteiger partial charge >= 0.3 is 11.8 Å². The topological polar surface area (TPSA) is 61.4 Å². The van der Waals surface area contributed by atoms with E-state index >= 15 is 0 Å². The van der Waals surface area contributed by atoms with Gasteiger partial charge in [-0.15, -0.1) is 0 Å². The fourth-order valence-electron chi connectivity index (χ4n) is 3.07. The molecule has 2 amide bonds. The maximum Gasteiger partial charge on any atom is 0.313 e. The molecule has 5 heteroatoms. The van der Waals surface area contributed by atoms with Gasteiger partial charge in [0.1, 0.15) is 0 Å². The highest BCUT2D eigenvalue weighted by molar-refractivity contribution is 6.39. The number of anilines is 1. The van der Waals surface area contributed by atoms with Crippen molar-refractivity contribution in [1.29, 1.82) is 0 Å². The van der Waals surface area contributed by atoms with Gasteiger partial charge in [-0.25, -0.2) is 0 Å². The molecular weight excluding hydrogens is 302 g/mol. The lowest BCUT2D eigenvalue weighted by atomic mass is 9.87. The van der Waals surface area contributed by atoms with Crippen LogP contribution in [0.2, 0.25) is 0 Å². The number of carbonyl (C=O) groups excluding carboxylic acids is 2. The molecule has 1 aliphatic heterocycles. The lowest BCUT2D eigenvalue weighted by Crippen LogP contribution is -2.43. The van der Waals surface area contributed by atoms with E-state index < -0.39 is 11.8 Å². The third kappa shape index (κ3) is 4.81.